The van der Waals surface area contributed by atoms with Gasteiger partial charge in [0.2, 0.25) is 0 Å². The molecular weight excluding hydrogens is 172 g/mol. The standard InChI is InChI=1S/C12H24N2/c1-11-2-4-12(5-3-11)6-8-14(10-12)9-7-13/h11H,2-10,13H2,1H3. The number of hydrogen-bond donors (Lipinski definition) is 1. The van der Waals surface area contributed by atoms with Gasteiger partial charge in [0.05, 0.1) is 0 Å². The maximum absolute atomic E-state index is 5.61. The Morgan fingerprint density at radius 2 is 2.00 bits per heavy atom. The Balaban J connectivity index is 1.86. The van der Waals surface area contributed by atoms with Crippen LogP contribution in [-0.4, -0.2) is 31.1 Å². The molecular formula is C12H24N2. The quantitative estimate of drug-likeness (QED) is 0.730. The van der Waals surface area contributed by atoms with Gasteiger partial charge in [-0.25, -0.2) is 0 Å². The molecule has 2 N–H and O–H groups in total. The van der Waals surface area contributed by atoms with Crippen LogP contribution in [-0.2, 0) is 0 Å². The largest absolute Gasteiger partial charge is 0.329 e. The molecule has 2 rings (SSSR count). The van der Waals surface area contributed by atoms with Crippen LogP contribution in [0.3, 0.4) is 0 Å². The Kier molecular flexibility index (Phi) is 3.13. The zero-order valence-corrected chi connectivity index (χ0v) is 9.47. The average molecular weight is 196 g/mol. The van der Waals surface area contributed by atoms with Gasteiger partial charge in [-0.2, -0.15) is 0 Å². The van der Waals surface area contributed by atoms with E-state index in [4.69, 9.17) is 5.73 Å². The van der Waals surface area contributed by atoms with E-state index in [2.05, 4.69) is 11.8 Å². The summed E-state index contributed by atoms with van der Waals surface area (Å²) in [6.45, 7) is 6.96. The third kappa shape index (κ3) is 2.12. The van der Waals surface area contributed by atoms with Gasteiger partial charge >= 0.3 is 0 Å². The molecule has 0 aromatic heterocycles. The highest BCUT2D eigenvalue weighted by Crippen LogP contribution is 2.45. The first-order valence-corrected chi connectivity index (χ1v) is 6.16. The van der Waals surface area contributed by atoms with Crippen molar-refractivity contribution in [3.63, 3.8) is 0 Å². The summed E-state index contributed by atoms with van der Waals surface area (Å²) in [5, 5.41) is 0. The molecule has 0 amide bonds. The Labute approximate surface area is 87.8 Å². The summed E-state index contributed by atoms with van der Waals surface area (Å²) in [6.07, 6.45) is 7.27. The summed E-state index contributed by atoms with van der Waals surface area (Å²) < 4.78 is 0. The van der Waals surface area contributed by atoms with Crippen LogP contribution >= 0.6 is 0 Å². The molecule has 14 heavy (non-hydrogen) atoms. The van der Waals surface area contributed by atoms with E-state index >= 15 is 0 Å². The first-order valence-electron chi connectivity index (χ1n) is 6.16. The molecule has 2 heteroatoms. The van der Waals surface area contributed by atoms with Crippen molar-refractivity contribution in [1.29, 1.82) is 0 Å². The Hall–Kier alpha value is -0.0800. The van der Waals surface area contributed by atoms with Crippen LogP contribution in [0.2, 0.25) is 0 Å². The fraction of sp³-hybridized carbons (Fsp3) is 1.00. The second kappa shape index (κ2) is 4.19. The summed E-state index contributed by atoms with van der Waals surface area (Å²) in [5.74, 6) is 0.976. The monoisotopic (exact) mass is 196 g/mol. The van der Waals surface area contributed by atoms with E-state index in [1.807, 2.05) is 0 Å². The second-order valence-corrected chi connectivity index (χ2v) is 5.50. The van der Waals surface area contributed by atoms with E-state index in [0.29, 0.717) is 5.41 Å². The van der Waals surface area contributed by atoms with Crippen molar-refractivity contribution < 1.29 is 0 Å². The number of hydrogen-bond acceptors (Lipinski definition) is 2. The lowest BCUT2D eigenvalue weighted by Crippen LogP contribution is -2.33. The van der Waals surface area contributed by atoms with Crippen molar-refractivity contribution in [2.24, 2.45) is 17.1 Å². The first-order chi connectivity index (χ1) is 6.74. The molecule has 0 aromatic rings. The number of nitrogens with two attached hydrogens (primary N) is 1. The lowest BCUT2D eigenvalue weighted by Gasteiger charge is -2.36. The molecule has 2 fully saturated rings. The van der Waals surface area contributed by atoms with Gasteiger partial charge in [-0.15, -0.1) is 0 Å². The summed E-state index contributed by atoms with van der Waals surface area (Å²) in [7, 11) is 0. The topological polar surface area (TPSA) is 29.3 Å². The van der Waals surface area contributed by atoms with Gasteiger partial charge in [-0.3, -0.25) is 0 Å². The smallest absolute Gasteiger partial charge is 0.0105 e. The predicted octanol–water partition coefficient (Wildman–Crippen LogP) is 1.85. The van der Waals surface area contributed by atoms with E-state index in [-0.39, 0.29) is 0 Å². The summed E-state index contributed by atoms with van der Waals surface area (Å²) in [4.78, 5) is 2.57. The van der Waals surface area contributed by atoms with E-state index < -0.39 is 0 Å². The van der Waals surface area contributed by atoms with Crippen molar-refractivity contribution in [2.75, 3.05) is 26.2 Å². The average Bonchev–Trinajstić information content (AvgIpc) is 2.56. The summed E-state index contributed by atoms with van der Waals surface area (Å²) in [6, 6.07) is 0. The normalized spacial score (nSPS) is 39.4. The molecule has 1 heterocycles. The molecule has 0 aromatic carbocycles. The number of likely N-dealkylation sites (tertiary alicyclic amines) is 1. The molecule has 2 aliphatic rings. The van der Waals surface area contributed by atoms with Gasteiger partial charge in [0.1, 0.15) is 0 Å². The lowest BCUT2D eigenvalue weighted by atomic mass is 9.70. The van der Waals surface area contributed by atoms with Crippen molar-refractivity contribution in [3.8, 4) is 0 Å². The van der Waals surface area contributed by atoms with Gasteiger partial charge in [-0.05, 0) is 37.1 Å². The maximum atomic E-state index is 5.61. The van der Waals surface area contributed by atoms with Gasteiger partial charge in [0.15, 0.2) is 0 Å². The first kappa shape index (κ1) is 10.4. The minimum Gasteiger partial charge on any atom is -0.329 e. The predicted molar refractivity (Wildman–Crippen MR) is 60.2 cm³/mol. The second-order valence-electron chi connectivity index (χ2n) is 5.50. The van der Waals surface area contributed by atoms with E-state index in [9.17, 15) is 0 Å². The maximum Gasteiger partial charge on any atom is 0.0105 e. The molecule has 1 aliphatic carbocycles. The van der Waals surface area contributed by atoms with Gasteiger partial charge in [0, 0.05) is 19.6 Å². The van der Waals surface area contributed by atoms with Crippen LogP contribution in [0.1, 0.15) is 39.0 Å². The van der Waals surface area contributed by atoms with Crippen molar-refractivity contribution in [3.05, 3.63) is 0 Å². The summed E-state index contributed by atoms with van der Waals surface area (Å²) >= 11 is 0. The lowest BCUT2D eigenvalue weighted by molar-refractivity contribution is 0.158. The van der Waals surface area contributed by atoms with Crippen molar-refractivity contribution in [1.82, 2.24) is 4.90 Å². The molecule has 1 spiro atoms. The fourth-order valence-corrected chi connectivity index (χ4v) is 3.18. The van der Waals surface area contributed by atoms with E-state index in [1.54, 1.807) is 0 Å². The Morgan fingerprint density at radius 3 is 2.64 bits per heavy atom. The van der Waals surface area contributed by atoms with Crippen LogP contribution < -0.4 is 5.73 Å². The van der Waals surface area contributed by atoms with Crippen molar-refractivity contribution in [2.45, 2.75) is 39.0 Å². The molecule has 0 bridgehead atoms. The molecule has 0 radical (unpaired) electrons. The molecule has 0 atom stereocenters. The van der Waals surface area contributed by atoms with Gasteiger partial charge < -0.3 is 10.6 Å². The minimum atomic E-state index is 0.696. The fourth-order valence-electron chi connectivity index (χ4n) is 3.18. The van der Waals surface area contributed by atoms with E-state index in [1.165, 1.54) is 45.2 Å². The van der Waals surface area contributed by atoms with Gasteiger partial charge in [0.25, 0.3) is 0 Å². The highest BCUT2D eigenvalue weighted by atomic mass is 15.2. The zero-order chi connectivity index (χ0) is 10.0. The third-order valence-corrected chi connectivity index (χ3v) is 4.30. The number of rotatable bonds is 2. The molecule has 0 unspecified atom stereocenters. The molecule has 2 nitrogen and oxygen atoms in total. The van der Waals surface area contributed by atoms with Crippen LogP contribution in [0.25, 0.3) is 0 Å². The highest BCUT2D eigenvalue weighted by Gasteiger charge is 2.39. The number of nitrogens with zero attached hydrogens (tertiary/aromatic N) is 1. The van der Waals surface area contributed by atoms with E-state index in [0.717, 1.165) is 19.0 Å². The summed E-state index contributed by atoms with van der Waals surface area (Å²) in [5.41, 5.74) is 6.30. The molecule has 1 saturated heterocycles. The van der Waals surface area contributed by atoms with Crippen LogP contribution in [0.15, 0.2) is 0 Å². The SMILES string of the molecule is CC1CCC2(CC1)CCN(CCN)C2. The van der Waals surface area contributed by atoms with Gasteiger partial charge in [-0.1, -0.05) is 19.8 Å². The zero-order valence-electron chi connectivity index (χ0n) is 9.47. The molecule has 1 saturated carbocycles. The molecule has 82 valence electrons. The van der Waals surface area contributed by atoms with Crippen LogP contribution in [0.4, 0.5) is 0 Å². The third-order valence-electron chi connectivity index (χ3n) is 4.30. The van der Waals surface area contributed by atoms with Crippen LogP contribution in [0.5, 0.6) is 0 Å². The minimum absolute atomic E-state index is 0.696. The van der Waals surface area contributed by atoms with Crippen LogP contribution in [0, 0.1) is 11.3 Å². The molecule has 1 aliphatic heterocycles. The highest BCUT2D eigenvalue weighted by molar-refractivity contribution is 4.92. The Morgan fingerprint density at radius 1 is 1.29 bits per heavy atom. The Bertz CT molecular complexity index is 183. The van der Waals surface area contributed by atoms with Crippen molar-refractivity contribution >= 4 is 0 Å².